The third-order valence-electron chi connectivity index (χ3n) is 3.51. The molecule has 0 saturated heterocycles. The lowest BCUT2D eigenvalue weighted by molar-refractivity contribution is -0.117. The first-order valence-electron chi connectivity index (χ1n) is 7.31. The average Bonchev–Trinajstić information content (AvgIpc) is 3.32. The van der Waals surface area contributed by atoms with E-state index in [2.05, 4.69) is 5.32 Å². The molecule has 0 spiro atoms. The van der Waals surface area contributed by atoms with E-state index in [9.17, 15) is 9.59 Å². The van der Waals surface area contributed by atoms with Gasteiger partial charge in [0.25, 0.3) is 0 Å². The van der Waals surface area contributed by atoms with Gasteiger partial charge in [0.1, 0.15) is 5.75 Å². The summed E-state index contributed by atoms with van der Waals surface area (Å²) in [6, 6.07) is 14.1. The molecule has 3 rings (SSSR count). The van der Waals surface area contributed by atoms with Crippen molar-refractivity contribution in [1.29, 1.82) is 0 Å². The predicted octanol–water partition coefficient (Wildman–Crippen LogP) is 3.56. The number of carbonyl (C=O) groups is 2. The second kappa shape index (κ2) is 6.02. The molecule has 1 aliphatic rings. The number of amides is 1. The van der Waals surface area contributed by atoms with E-state index < -0.39 is 5.97 Å². The summed E-state index contributed by atoms with van der Waals surface area (Å²) in [6.07, 6.45) is 1.89. The third kappa shape index (κ3) is 3.52. The molecule has 1 saturated carbocycles. The first-order chi connectivity index (χ1) is 10.6. The molecule has 0 aromatic heterocycles. The molecule has 1 amide bonds. The van der Waals surface area contributed by atoms with Crippen LogP contribution in [0.1, 0.15) is 28.8 Å². The Bertz CT molecular complexity index is 720. The number of benzene rings is 2. The smallest absolute Gasteiger partial charge is 0.343 e. The van der Waals surface area contributed by atoms with Gasteiger partial charge in [-0.25, -0.2) is 4.79 Å². The standard InChI is InChI=1S/C18H17NO3/c1-12-4-2-7-16(10-12)22-18(21)14-5-3-6-15(11-14)19-17(20)13-8-9-13/h2-7,10-11,13H,8-9H2,1H3,(H,19,20). The summed E-state index contributed by atoms with van der Waals surface area (Å²) in [5, 5.41) is 2.83. The highest BCUT2D eigenvalue weighted by Gasteiger charge is 2.29. The predicted molar refractivity (Wildman–Crippen MR) is 83.9 cm³/mol. The van der Waals surface area contributed by atoms with Gasteiger partial charge in [-0.15, -0.1) is 0 Å². The molecule has 0 heterocycles. The average molecular weight is 295 g/mol. The van der Waals surface area contributed by atoms with Crippen molar-refractivity contribution in [2.75, 3.05) is 5.32 Å². The van der Waals surface area contributed by atoms with E-state index in [0.717, 1.165) is 18.4 Å². The zero-order valence-corrected chi connectivity index (χ0v) is 12.3. The Kier molecular flexibility index (Phi) is 3.92. The molecular weight excluding hydrogens is 278 g/mol. The number of anilines is 1. The lowest BCUT2D eigenvalue weighted by Crippen LogP contribution is -2.14. The highest BCUT2D eigenvalue weighted by Crippen LogP contribution is 2.30. The van der Waals surface area contributed by atoms with Gasteiger partial charge in [0, 0.05) is 11.6 Å². The maximum Gasteiger partial charge on any atom is 0.343 e. The Morgan fingerprint density at radius 3 is 2.59 bits per heavy atom. The zero-order valence-electron chi connectivity index (χ0n) is 12.3. The molecule has 0 aliphatic heterocycles. The monoisotopic (exact) mass is 295 g/mol. The number of nitrogens with one attached hydrogen (secondary N) is 1. The van der Waals surface area contributed by atoms with Gasteiger partial charge >= 0.3 is 5.97 Å². The van der Waals surface area contributed by atoms with Crippen molar-refractivity contribution in [2.45, 2.75) is 19.8 Å². The van der Waals surface area contributed by atoms with Crippen molar-refractivity contribution in [1.82, 2.24) is 0 Å². The Morgan fingerprint density at radius 2 is 1.86 bits per heavy atom. The third-order valence-corrected chi connectivity index (χ3v) is 3.51. The maximum absolute atomic E-state index is 12.2. The molecule has 0 atom stereocenters. The molecule has 0 bridgehead atoms. The van der Waals surface area contributed by atoms with Crippen LogP contribution in [-0.4, -0.2) is 11.9 Å². The number of aryl methyl sites for hydroxylation is 1. The van der Waals surface area contributed by atoms with E-state index in [-0.39, 0.29) is 11.8 Å². The number of rotatable bonds is 4. The summed E-state index contributed by atoms with van der Waals surface area (Å²) in [7, 11) is 0. The van der Waals surface area contributed by atoms with Crippen molar-refractivity contribution in [2.24, 2.45) is 5.92 Å². The van der Waals surface area contributed by atoms with Crippen molar-refractivity contribution >= 4 is 17.6 Å². The fourth-order valence-electron chi connectivity index (χ4n) is 2.16. The van der Waals surface area contributed by atoms with Crippen molar-refractivity contribution in [3.63, 3.8) is 0 Å². The highest BCUT2D eigenvalue weighted by atomic mass is 16.5. The van der Waals surface area contributed by atoms with Crippen molar-refractivity contribution in [3.05, 3.63) is 59.7 Å². The van der Waals surface area contributed by atoms with Crippen LogP contribution in [0.25, 0.3) is 0 Å². The normalized spacial score (nSPS) is 13.5. The topological polar surface area (TPSA) is 55.4 Å². The van der Waals surface area contributed by atoms with Crippen LogP contribution in [0.15, 0.2) is 48.5 Å². The quantitative estimate of drug-likeness (QED) is 0.693. The summed E-state index contributed by atoms with van der Waals surface area (Å²) in [5.41, 5.74) is 2.06. The van der Waals surface area contributed by atoms with Crippen LogP contribution < -0.4 is 10.1 Å². The summed E-state index contributed by atoms with van der Waals surface area (Å²) in [4.78, 5) is 23.9. The molecule has 1 N–H and O–H groups in total. The number of hydrogen-bond donors (Lipinski definition) is 1. The van der Waals surface area contributed by atoms with Crippen molar-refractivity contribution in [3.8, 4) is 5.75 Å². The Balaban J connectivity index is 1.70. The minimum Gasteiger partial charge on any atom is -0.423 e. The Morgan fingerprint density at radius 1 is 1.09 bits per heavy atom. The lowest BCUT2D eigenvalue weighted by atomic mass is 10.2. The molecule has 4 heteroatoms. The lowest BCUT2D eigenvalue weighted by Gasteiger charge is -2.08. The van der Waals surface area contributed by atoms with Gasteiger partial charge in [0.05, 0.1) is 5.56 Å². The maximum atomic E-state index is 12.2. The van der Waals surface area contributed by atoms with Gasteiger partial charge in [-0.2, -0.15) is 0 Å². The van der Waals surface area contributed by atoms with Crippen LogP contribution in [-0.2, 0) is 4.79 Å². The zero-order chi connectivity index (χ0) is 15.5. The van der Waals surface area contributed by atoms with E-state index in [1.54, 1.807) is 36.4 Å². The van der Waals surface area contributed by atoms with Gasteiger partial charge in [-0.1, -0.05) is 18.2 Å². The second-order valence-electron chi connectivity index (χ2n) is 5.55. The minimum absolute atomic E-state index is 0.0178. The summed E-state index contributed by atoms with van der Waals surface area (Å²) in [6.45, 7) is 1.94. The molecule has 2 aromatic rings. The molecule has 1 aliphatic carbocycles. The summed E-state index contributed by atoms with van der Waals surface area (Å²) in [5.74, 6) is 0.220. The van der Waals surface area contributed by atoms with Crippen LogP contribution in [0.2, 0.25) is 0 Å². The van der Waals surface area contributed by atoms with Gasteiger partial charge in [-0.05, 0) is 55.7 Å². The molecule has 2 aromatic carbocycles. The fraction of sp³-hybridized carbons (Fsp3) is 0.222. The Labute approximate surface area is 129 Å². The molecule has 0 unspecified atom stereocenters. The van der Waals surface area contributed by atoms with E-state index >= 15 is 0 Å². The minimum atomic E-state index is -0.437. The number of hydrogen-bond acceptors (Lipinski definition) is 3. The van der Waals surface area contributed by atoms with E-state index in [4.69, 9.17) is 4.74 Å². The largest absolute Gasteiger partial charge is 0.423 e. The first kappa shape index (κ1) is 14.3. The number of ether oxygens (including phenoxy) is 1. The fourth-order valence-corrected chi connectivity index (χ4v) is 2.16. The van der Waals surface area contributed by atoms with Crippen molar-refractivity contribution < 1.29 is 14.3 Å². The highest BCUT2D eigenvalue weighted by molar-refractivity contribution is 5.96. The van der Waals surface area contributed by atoms with Gasteiger partial charge in [-0.3, -0.25) is 4.79 Å². The SMILES string of the molecule is Cc1cccc(OC(=O)c2cccc(NC(=O)C3CC3)c2)c1. The van der Waals surface area contributed by atoms with Gasteiger partial charge < -0.3 is 10.1 Å². The molecule has 4 nitrogen and oxygen atoms in total. The summed E-state index contributed by atoms with van der Waals surface area (Å²) >= 11 is 0. The molecule has 112 valence electrons. The van der Waals surface area contributed by atoms with Gasteiger partial charge in [0.15, 0.2) is 0 Å². The first-order valence-corrected chi connectivity index (χ1v) is 7.31. The van der Waals surface area contributed by atoms with E-state index in [1.165, 1.54) is 0 Å². The van der Waals surface area contributed by atoms with Crippen LogP contribution >= 0.6 is 0 Å². The van der Waals surface area contributed by atoms with E-state index in [0.29, 0.717) is 17.0 Å². The molecule has 1 fully saturated rings. The van der Waals surface area contributed by atoms with Gasteiger partial charge in [0.2, 0.25) is 5.91 Å². The van der Waals surface area contributed by atoms with Crippen LogP contribution in [0.4, 0.5) is 5.69 Å². The number of carbonyl (C=O) groups excluding carboxylic acids is 2. The molecular formula is C18H17NO3. The Hall–Kier alpha value is -2.62. The van der Waals surface area contributed by atoms with Crippen LogP contribution in [0.5, 0.6) is 5.75 Å². The summed E-state index contributed by atoms with van der Waals surface area (Å²) < 4.78 is 5.35. The van der Waals surface area contributed by atoms with E-state index in [1.807, 2.05) is 19.1 Å². The van der Waals surface area contributed by atoms with Crippen LogP contribution in [0.3, 0.4) is 0 Å². The molecule has 0 radical (unpaired) electrons. The van der Waals surface area contributed by atoms with Crippen LogP contribution in [0, 0.1) is 12.8 Å². The number of esters is 1. The molecule has 22 heavy (non-hydrogen) atoms. The second-order valence-corrected chi connectivity index (χ2v) is 5.55.